The van der Waals surface area contributed by atoms with Gasteiger partial charge in [-0.1, -0.05) is 59.6 Å². The number of benzene rings is 2. The van der Waals surface area contributed by atoms with E-state index in [0.717, 1.165) is 24.9 Å². The maximum atomic E-state index is 12.5. The molecule has 1 heterocycles. The van der Waals surface area contributed by atoms with Crippen LogP contribution in [0.5, 0.6) is 0 Å². The molecule has 6 heteroatoms. The first kappa shape index (κ1) is 20.2. The van der Waals surface area contributed by atoms with E-state index in [1.165, 1.54) is 5.56 Å². The van der Waals surface area contributed by atoms with Crippen LogP contribution in [-0.4, -0.2) is 36.3 Å². The Hall–Kier alpha value is -2.04. The molecule has 1 aliphatic carbocycles. The molecule has 4 rings (SSSR count). The number of nitrogens with one attached hydrogen (secondary N) is 1. The van der Waals surface area contributed by atoms with Crippen LogP contribution >= 0.6 is 23.2 Å². The van der Waals surface area contributed by atoms with Crippen molar-refractivity contribution in [2.45, 2.75) is 25.2 Å². The Kier molecular flexibility index (Phi) is 6.12. The predicted octanol–water partition coefficient (Wildman–Crippen LogP) is 4.30. The molecule has 2 fully saturated rings. The lowest BCUT2D eigenvalue weighted by Gasteiger charge is -2.17. The van der Waals surface area contributed by atoms with Crippen molar-refractivity contribution in [2.24, 2.45) is 11.8 Å². The maximum absolute atomic E-state index is 12.5. The summed E-state index contributed by atoms with van der Waals surface area (Å²) in [7, 11) is 0. The van der Waals surface area contributed by atoms with Crippen molar-refractivity contribution in [3.63, 3.8) is 0 Å². The molecule has 2 aromatic rings. The zero-order chi connectivity index (χ0) is 20.4. The van der Waals surface area contributed by atoms with Gasteiger partial charge in [-0.15, -0.1) is 0 Å². The Bertz CT molecular complexity index is 903. The Morgan fingerprint density at radius 2 is 1.90 bits per heavy atom. The summed E-state index contributed by atoms with van der Waals surface area (Å²) in [4.78, 5) is 26.7. The van der Waals surface area contributed by atoms with Crippen molar-refractivity contribution < 1.29 is 9.59 Å². The molecule has 152 valence electrons. The molecule has 0 unspecified atom stereocenters. The minimum Gasteiger partial charge on any atom is -0.355 e. The summed E-state index contributed by atoms with van der Waals surface area (Å²) in [5.74, 6) is 0.622. The largest absolute Gasteiger partial charge is 0.355 e. The van der Waals surface area contributed by atoms with E-state index in [-0.39, 0.29) is 29.6 Å². The van der Waals surface area contributed by atoms with Gasteiger partial charge in [-0.2, -0.15) is 0 Å². The topological polar surface area (TPSA) is 49.4 Å². The van der Waals surface area contributed by atoms with Gasteiger partial charge in [0.05, 0.1) is 10.0 Å². The van der Waals surface area contributed by atoms with E-state index in [1.54, 1.807) is 6.07 Å². The summed E-state index contributed by atoms with van der Waals surface area (Å²) in [6.45, 7) is 2.00. The molecule has 0 aromatic heterocycles. The van der Waals surface area contributed by atoms with Gasteiger partial charge in [0.1, 0.15) is 0 Å². The van der Waals surface area contributed by atoms with Gasteiger partial charge in [-0.3, -0.25) is 9.59 Å². The van der Waals surface area contributed by atoms with Crippen molar-refractivity contribution in [3.8, 4) is 0 Å². The Morgan fingerprint density at radius 1 is 1.10 bits per heavy atom. The van der Waals surface area contributed by atoms with Crippen LogP contribution in [-0.2, 0) is 16.0 Å². The molecule has 4 nitrogen and oxygen atoms in total. The van der Waals surface area contributed by atoms with Crippen LogP contribution < -0.4 is 5.32 Å². The molecule has 2 aliphatic rings. The van der Waals surface area contributed by atoms with Crippen molar-refractivity contribution in [1.29, 1.82) is 0 Å². The predicted molar refractivity (Wildman–Crippen MR) is 115 cm³/mol. The van der Waals surface area contributed by atoms with Gasteiger partial charge in [0.2, 0.25) is 11.8 Å². The Balaban J connectivity index is 1.22. The number of carbonyl (C=O) groups is 2. The highest BCUT2D eigenvalue weighted by molar-refractivity contribution is 6.42. The number of likely N-dealkylation sites (tertiary alicyclic amines) is 1. The van der Waals surface area contributed by atoms with Gasteiger partial charge in [0.25, 0.3) is 0 Å². The number of nitrogens with zero attached hydrogens (tertiary/aromatic N) is 1. The molecule has 2 amide bonds. The van der Waals surface area contributed by atoms with E-state index in [0.29, 0.717) is 29.6 Å². The molecule has 1 aliphatic heterocycles. The van der Waals surface area contributed by atoms with Gasteiger partial charge in [0.15, 0.2) is 0 Å². The number of hydrogen-bond donors (Lipinski definition) is 1. The second kappa shape index (κ2) is 8.76. The zero-order valence-electron chi connectivity index (χ0n) is 16.1. The number of amides is 2. The molecule has 29 heavy (non-hydrogen) atoms. The summed E-state index contributed by atoms with van der Waals surface area (Å²) >= 11 is 12.0. The fraction of sp³-hybridized carbons (Fsp3) is 0.391. The minimum absolute atomic E-state index is 0.0152. The number of halogens is 2. The average molecular weight is 431 g/mol. The number of carbonyl (C=O) groups excluding carboxylic acids is 2. The molecular weight excluding hydrogens is 407 g/mol. The monoisotopic (exact) mass is 430 g/mol. The molecule has 1 saturated heterocycles. The highest BCUT2D eigenvalue weighted by Gasteiger charge is 2.44. The first-order valence-corrected chi connectivity index (χ1v) is 10.8. The average Bonchev–Trinajstić information content (AvgIpc) is 3.45. The number of hydrogen-bond acceptors (Lipinski definition) is 2. The standard InChI is InChI=1S/C23H24Cl2N2O2/c24-20-7-6-17(11-21(20)25)18-12-19(18)23(29)26-13-16-10-22(28)27(14-16)9-8-15-4-2-1-3-5-15/h1-7,11,16,18-19H,8-10,12-14H2,(H,26,29)/t16-,18-,19+/m0/s1. The van der Waals surface area contributed by atoms with E-state index >= 15 is 0 Å². The van der Waals surface area contributed by atoms with Gasteiger partial charge in [-0.25, -0.2) is 0 Å². The first-order valence-electron chi connectivity index (χ1n) is 10.1. The van der Waals surface area contributed by atoms with Crippen LogP contribution in [0, 0.1) is 11.8 Å². The highest BCUT2D eigenvalue weighted by Crippen LogP contribution is 2.48. The molecule has 2 aromatic carbocycles. The SMILES string of the molecule is O=C(NC[C@@H]1CC(=O)N(CCc2ccccc2)C1)[C@@H]1C[C@H]1c1ccc(Cl)c(Cl)c1. The van der Waals surface area contributed by atoms with Gasteiger partial charge < -0.3 is 10.2 Å². The molecule has 0 bridgehead atoms. The Morgan fingerprint density at radius 3 is 2.66 bits per heavy atom. The van der Waals surface area contributed by atoms with E-state index in [2.05, 4.69) is 17.4 Å². The lowest BCUT2D eigenvalue weighted by molar-refractivity contribution is -0.127. The summed E-state index contributed by atoms with van der Waals surface area (Å²) in [5, 5.41) is 4.10. The van der Waals surface area contributed by atoms with Crippen LogP contribution in [0.4, 0.5) is 0 Å². The smallest absolute Gasteiger partial charge is 0.223 e. The molecule has 3 atom stereocenters. The summed E-state index contributed by atoms with van der Waals surface area (Å²) < 4.78 is 0. The third-order valence-electron chi connectivity index (χ3n) is 5.87. The van der Waals surface area contributed by atoms with Crippen LogP contribution in [0.1, 0.15) is 29.9 Å². The fourth-order valence-electron chi connectivity index (χ4n) is 4.09. The second-order valence-corrected chi connectivity index (χ2v) is 8.83. The van der Waals surface area contributed by atoms with Crippen LogP contribution in [0.3, 0.4) is 0 Å². The summed E-state index contributed by atoms with van der Waals surface area (Å²) in [6.07, 6.45) is 2.20. The van der Waals surface area contributed by atoms with Crippen LogP contribution in [0.25, 0.3) is 0 Å². The van der Waals surface area contributed by atoms with Crippen LogP contribution in [0.2, 0.25) is 10.0 Å². The van der Waals surface area contributed by atoms with Gasteiger partial charge in [-0.05, 0) is 42.0 Å². The second-order valence-electron chi connectivity index (χ2n) is 8.01. The third kappa shape index (κ3) is 4.93. The maximum Gasteiger partial charge on any atom is 0.223 e. The number of rotatable bonds is 7. The normalized spacial score (nSPS) is 23.3. The lowest BCUT2D eigenvalue weighted by atomic mass is 10.1. The first-order chi connectivity index (χ1) is 14.0. The Labute approximate surface area is 181 Å². The van der Waals surface area contributed by atoms with E-state index in [4.69, 9.17) is 23.2 Å². The van der Waals surface area contributed by atoms with Gasteiger partial charge in [0, 0.05) is 37.9 Å². The molecule has 1 N–H and O–H groups in total. The van der Waals surface area contributed by atoms with Gasteiger partial charge >= 0.3 is 0 Å². The lowest BCUT2D eigenvalue weighted by Crippen LogP contribution is -2.33. The highest BCUT2D eigenvalue weighted by atomic mass is 35.5. The third-order valence-corrected chi connectivity index (χ3v) is 6.61. The van der Waals surface area contributed by atoms with E-state index < -0.39 is 0 Å². The molecule has 0 radical (unpaired) electrons. The summed E-state index contributed by atoms with van der Waals surface area (Å²) in [5.41, 5.74) is 2.29. The fourth-order valence-corrected chi connectivity index (χ4v) is 4.39. The molecule has 0 spiro atoms. The summed E-state index contributed by atoms with van der Waals surface area (Å²) in [6, 6.07) is 15.8. The van der Waals surface area contributed by atoms with E-state index in [9.17, 15) is 9.59 Å². The molecular formula is C23H24Cl2N2O2. The van der Waals surface area contributed by atoms with Crippen molar-refractivity contribution in [3.05, 3.63) is 69.7 Å². The van der Waals surface area contributed by atoms with Crippen molar-refractivity contribution >= 4 is 35.0 Å². The van der Waals surface area contributed by atoms with Crippen molar-refractivity contribution in [2.75, 3.05) is 19.6 Å². The zero-order valence-corrected chi connectivity index (χ0v) is 17.6. The molecule has 1 saturated carbocycles. The minimum atomic E-state index is -0.0152. The van der Waals surface area contributed by atoms with Crippen molar-refractivity contribution in [1.82, 2.24) is 10.2 Å². The van der Waals surface area contributed by atoms with E-state index in [1.807, 2.05) is 35.2 Å². The van der Waals surface area contributed by atoms with Crippen LogP contribution in [0.15, 0.2) is 48.5 Å². The quantitative estimate of drug-likeness (QED) is 0.711.